The van der Waals surface area contributed by atoms with Crippen LogP contribution in [0, 0.1) is 0 Å². The number of thiol groups is 1. The molecule has 0 spiro atoms. The van der Waals surface area contributed by atoms with Crippen molar-refractivity contribution < 1.29 is 4.79 Å². The van der Waals surface area contributed by atoms with Gasteiger partial charge in [-0.15, -0.1) is 0 Å². The van der Waals surface area contributed by atoms with Crippen LogP contribution in [0.1, 0.15) is 26.8 Å². The van der Waals surface area contributed by atoms with Gasteiger partial charge in [0.15, 0.2) is 0 Å². The molecule has 78 valence electrons. The summed E-state index contributed by atoms with van der Waals surface area (Å²) in [5.41, 5.74) is 0.713. The van der Waals surface area contributed by atoms with Crippen LogP contribution in [-0.4, -0.2) is 20.9 Å². The fourth-order valence-electron chi connectivity index (χ4n) is 0.932. The first-order valence-electron chi connectivity index (χ1n) is 4.53. The summed E-state index contributed by atoms with van der Waals surface area (Å²) in [5.74, 6) is -0.114. The number of nitrogens with one attached hydrogen (secondary N) is 1. The van der Waals surface area contributed by atoms with Gasteiger partial charge in [0.25, 0.3) is 0 Å². The molecule has 1 atom stereocenters. The van der Waals surface area contributed by atoms with Gasteiger partial charge in [-0.1, -0.05) is 0 Å². The van der Waals surface area contributed by atoms with E-state index in [1.54, 1.807) is 24.0 Å². The van der Waals surface area contributed by atoms with Crippen LogP contribution in [0.15, 0.2) is 12.4 Å². The molecule has 0 fully saturated rings. The Labute approximate surface area is 89.1 Å². The van der Waals surface area contributed by atoms with Gasteiger partial charge in [-0.25, -0.2) is 0 Å². The van der Waals surface area contributed by atoms with Crippen molar-refractivity contribution in [1.82, 2.24) is 9.78 Å². The Balaban J connectivity index is 2.64. The normalized spacial score (nSPS) is 12.9. The zero-order valence-corrected chi connectivity index (χ0v) is 9.45. The van der Waals surface area contributed by atoms with E-state index < -0.39 is 0 Å². The molecule has 0 saturated heterocycles. The summed E-state index contributed by atoms with van der Waals surface area (Å²) in [7, 11) is 0. The number of anilines is 1. The van der Waals surface area contributed by atoms with Crippen molar-refractivity contribution in [3.05, 3.63) is 12.4 Å². The minimum Gasteiger partial charge on any atom is -0.322 e. The fraction of sp³-hybridized carbons (Fsp3) is 0.556. The smallest absolute Gasteiger partial charge is 0.237 e. The van der Waals surface area contributed by atoms with E-state index >= 15 is 0 Å². The van der Waals surface area contributed by atoms with Gasteiger partial charge in [-0.05, 0) is 20.8 Å². The fourth-order valence-corrected chi connectivity index (χ4v) is 0.996. The van der Waals surface area contributed by atoms with Crippen molar-refractivity contribution >= 4 is 24.2 Å². The zero-order valence-electron chi connectivity index (χ0n) is 8.56. The topological polar surface area (TPSA) is 46.9 Å². The van der Waals surface area contributed by atoms with Gasteiger partial charge in [-0.2, -0.15) is 17.7 Å². The Morgan fingerprint density at radius 2 is 2.21 bits per heavy atom. The molecule has 4 nitrogen and oxygen atoms in total. The lowest BCUT2D eigenvalue weighted by Crippen LogP contribution is -2.20. The van der Waals surface area contributed by atoms with Crippen LogP contribution in [0.4, 0.5) is 5.69 Å². The van der Waals surface area contributed by atoms with Gasteiger partial charge < -0.3 is 5.32 Å². The summed E-state index contributed by atoms with van der Waals surface area (Å²) in [6, 6.07) is 0.300. The Kier molecular flexibility index (Phi) is 3.57. The molecule has 1 aromatic heterocycles. The molecule has 1 N–H and O–H groups in total. The maximum absolute atomic E-state index is 11.3. The molecular weight excluding hydrogens is 198 g/mol. The molecule has 0 aliphatic rings. The summed E-state index contributed by atoms with van der Waals surface area (Å²) >= 11 is 4.03. The third kappa shape index (κ3) is 2.77. The molecular formula is C9H15N3OS. The molecule has 0 saturated carbocycles. The highest BCUT2D eigenvalue weighted by atomic mass is 32.1. The van der Waals surface area contributed by atoms with Crippen molar-refractivity contribution in [2.45, 2.75) is 32.1 Å². The lowest BCUT2D eigenvalue weighted by Gasteiger charge is -2.05. The standard InChI is InChI=1S/C9H15N3OS/c1-6(2)12-5-8(4-10-12)11-9(13)7(3)14/h4-7,14H,1-3H3,(H,11,13). The molecule has 1 rings (SSSR count). The summed E-state index contributed by atoms with van der Waals surface area (Å²) in [6.07, 6.45) is 3.44. The molecule has 0 bridgehead atoms. The Bertz CT molecular complexity index is 320. The highest BCUT2D eigenvalue weighted by molar-refractivity contribution is 7.81. The predicted octanol–water partition coefficient (Wildman–Crippen LogP) is 1.72. The van der Waals surface area contributed by atoms with E-state index in [-0.39, 0.29) is 11.2 Å². The first-order chi connectivity index (χ1) is 6.50. The SMILES string of the molecule is CC(S)C(=O)Nc1cnn(C(C)C)c1. The number of hydrogen-bond donors (Lipinski definition) is 2. The molecule has 0 radical (unpaired) electrons. The van der Waals surface area contributed by atoms with Crippen molar-refractivity contribution in [1.29, 1.82) is 0 Å². The van der Waals surface area contributed by atoms with Crippen LogP contribution in [-0.2, 0) is 4.79 Å². The van der Waals surface area contributed by atoms with Crippen LogP contribution in [0.25, 0.3) is 0 Å². The van der Waals surface area contributed by atoms with Crippen molar-refractivity contribution in [2.24, 2.45) is 0 Å². The molecule has 0 aromatic carbocycles. The number of nitrogens with zero attached hydrogens (tertiary/aromatic N) is 2. The van der Waals surface area contributed by atoms with Gasteiger partial charge in [0.2, 0.25) is 5.91 Å². The van der Waals surface area contributed by atoms with Gasteiger partial charge in [-0.3, -0.25) is 9.48 Å². The van der Waals surface area contributed by atoms with Gasteiger partial charge >= 0.3 is 0 Å². The molecule has 14 heavy (non-hydrogen) atoms. The average molecular weight is 213 g/mol. The summed E-state index contributed by atoms with van der Waals surface area (Å²) in [4.78, 5) is 11.3. The minimum atomic E-state index is -0.308. The van der Waals surface area contributed by atoms with Gasteiger partial charge in [0.1, 0.15) is 0 Å². The van der Waals surface area contributed by atoms with Crippen LogP contribution in [0.3, 0.4) is 0 Å². The number of aromatic nitrogens is 2. The Morgan fingerprint density at radius 3 is 2.64 bits per heavy atom. The van der Waals surface area contributed by atoms with E-state index in [4.69, 9.17) is 0 Å². The third-order valence-corrected chi connectivity index (χ3v) is 2.01. The highest BCUT2D eigenvalue weighted by Gasteiger charge is 2.09. The number of amides is 1. The second-order valence-corrected chi connectivity index (χ2v) is 4.24. The maximum atomic E-state index is 11.3. The number of carbonyl (C=O) groups excluding carboxylic acids is 1. The van der Waals surface area contributed by atoms with Crippen LogP contribution in [0.5, 0.6) is 0 Å². The van der Waals surface area contributed by atoms with E-state index in [2.05, 4.69) is 23.0 Å². The number of hydrogen-bond acceptors (Lipinski definition) is 3. The number of rotatable bonds is 3. The van der Waals surface area contributed by atoms with E-state index in [1.807, 2.05) is 13.8 Å². The largest absolute Gasteiger partial charge is 0.322 e. The molecule has 1 amide bonds. The number of carbonyl (C=O) groups is 1. The van der Waals surface area contributed by atoms with Crippen molar-refractivity contribution in [3.8, 4) is 0 Å². The summed E-state index contributed by atoms with van der Waals surface area (Å²) < 4.78 is 1.79. The van der Waals surface area contributed by atoms with E-state index in [0.717, 1.165) is 0 Å². The molecule has 0 aliphatic carbocycles. The minimum absolute atomic E-state index is 0.114. The van der Waals surface area contributed by atoms with E-state index in [9.17, 15) is 4.79 Å². The lowest BCUT2D eigenvalue weighted by molar-refractivity contribution is -0.115. The summed E-state index contributed by atoms with van der Waals surface area (Å²) in [6.45, 7) is 5.78. The second kappa shape index (κ2) is 4.50. The average Bonchev–Trinajstić information content (AvgIpc) is 2.52. The van der Waals surface area contributed by atoms with Crippen molar-refractivity contribution in [2.75, 3.05) is 5.32 Å². The second-order valence-electron chi connectivity index (χ2n) is 3.47. The van der Waals surface area contributed by atoms with Crippen molar-refractivity contribution in [3.63, 3.8) is 0 Å². The maximum Gasteiger partial charge on any atom is 0.237 e. The molecule has 1 heterocycles. The van der Waals surface area contributed by atoms with Crippen LogP contribution < -0.4 is 5.32 Å². The third-order valence-electron chi connectivity index (χ3n) is 1.78. The quantitative estimate of drug-likeness (QED) is 0.751. The monoisotopic (exact) mass is 213 g/mol. The van der Waals surface area contributed by atoms with Crippen LogP contribution in [0.2, 0.25) is 0 Å². The van der Waals surface area contributed by atoms with E-state index in [0.29, 0.717) is 11.7 Å². The molecule has 5 heteroatoms. The zero-order chi connectivity index (χ0) is 10.7. The highest BCUT2D eigenvalue weighted by Crippen LogP contribution is 2.10. The summed E-state index contributed by atoms with van der Waals surface area (Å²) in [5, 5.41) is 6.52. The predicted molar refractivity (Wildman–Crippen MR) is 59.7 cm³/mol. The first kappa shape index (κ1) is 11.1. The molecule has 0 aliphatic heterocycles. The first-order valence-corrected chi connectivity index (χ1v) is 5.05. The molecule has 1 unspecified atom stereocenters. The molecule has 1 aromatic rings. The Hall–Kier alpha value is -0.970. The van der Waals surface area contributed by atoms with Gasteiger partial charge in [0, 0.05) is 12.2 Å². The van der Waals surface area contributed by atoms with Crippen LogP contribution >= 0.6 is 12.6 Å². The lowest BCUT2D eigenvalue weighted by atomic mass is 10.4. The Morgan fingerprint density at radius 1 is 1.57 bits per heavy atom. The van der Waals surface area contributed by atoms with E-state index in [1.165, 1.54) is 0 Å². The van der Waals surface area contributed by atoms with Gasteiger partial charge in [0.05, 0.1) is 17.1 Å².